The lowest BCUT2D eigenvalue weighted by atomic mass is 10.8. The number of hydrogen-bond acceptors (Lipinski definition) is 1. The molecule has 0 saturated heterocycles. The van der Waals surface area contributed by atoms with E-state index in [2.05, 4.69) is 21.0 Å². The van der Waals surface area contributed by atoms with Gasteiger partial charge in [-0.1, -0.05) is 0 Å². The molecule has 0 aliphatic heterocycles. The van der Waals surface area contributed by atoms with Gasteiger partial charge in [-0.05, 0) is 22.0 Å². The van der Waals surface area contributed by atoms with Gasteiger partial charge in [0.1, 0.15) is 10.6 Å². The summed E-state index contributed by atoms with van der Waals surface area (Å²) in [6.45, 7) is 0. The molecule has 1 aromatic heterocycles. The van der Waals surface area contributed by atoms with Gasteiger partial charge in [0.2, 0.25) is 0 Å². The first-order chi connectivity index (χ1) is 3.84. The van der Waals surface area contributed by atoms with Crippen LogP contribution in [0.25, 0.3) is 0 Å². The van der Waals surface area contributed by atoms with Crippen LogP contribution in [0.15, 0.2) is 16.9 Å². The van der Waals surface area contributed by atoms with Crippen LogP contribution < -0.4 is 0 Å². The number of halogens is 2. The van der Waals surface area contributed by atoms with Crippen LogP contribution in [0.3, 0.4) is 0 Å². The first-order valence-corrected chi connectivity index (χ1v) is 3.40. The SMILES string of the molecule is ClCn1nccc1Br. The molecule has 0 aliphatic carbocycles. The van der Waals surface area contributed by atoms with Crippen LogP contribution in [0.5, 0.6) is 0 Å². The topological polar surface area (TPSA) is 17.8 Å². The Kier molecular flexibility index (Phi) is 1.91. The third-order valence-corrected chi connectivity index (χ3v) is 1.68. The zero-order valence-corrected chi connectivity index (χ0v) is 6.35. The Balaban J connectivity index is 2.92. The summed E-state index contributed by atoms with van der Waals surface area (Å²) < 4.78 is 2.55. The molecule has 0 spiro atoms. The summed E-state index contributed by atoms with van der Waals surface area (Å²) in [4.78, 5) is 0. The highest BCUT2D eigenvalue weighted by Gasteiger charge is 1.92. The molecule has 1 heterocycles. The maximum absolute atomic E-state index is 5.44. The minimum atomic E-state index is 0.396. The zero-order chi connectivity index (χ0) is 5.98. The average molecular weight is 195 g/mol. The summed E-state index contributed by atoms with van der Waals surface area (Å²) in [5.74, 6) is 0. The molecule has 2 nitrogen and oxygen atoms in total. The van der Waals surface area contributed by atoms with Crippen molar-refractivity contribution in [3.05, 3.63) is 16.9 Å². The van der Waals surface area contributed by atoms with Crippen molar-refractivity contribution < 1.29 is 0 Å². The highest BCUT2D eigenvalue weighted by atomic mass is 79.9. The van der Waals surface area contributed by atoms with Gasteiger partial charge in [0.15, 0.2) is 0 Å². The maximum atomic E-state index is 5.44. The Morgan fingerprint density at radius 3 is 2.88 bits per heavy atom. The Hall–Kier alpha value is -0.0200. The molecule has 8 heavy (non-hydrogen) atoms. The molecular weight excluding hydrogens is 191 g/mol. The Bertz CT molecular complexity index is 174. The van der Waals surface area contributed by atoms with Crippen LogP contribution >= 0.6 is 27.5 Å². The number of nitrogens with zero attached hydrogens (tertiary/aromatic N) is 2. The first-order valence-electron chi connectivity index (χ1n) is 2.08. The van der Waals surface area contributed by atoms with E-state index in [1.165, 1.54) is 0 Å². The molecule has 1 rings (SSSR count). The van der Waals surface area contributed by atoms with Gasteiger partial charge in [-0.3, -0.25) is 0 Å². The van der Waals surface area contributed by atoms with E-state index in [4.69, 9.17) is 11.6 Å². The summed E-state index contributed by atoms with van der Waals surface area (Å²) in [5.41, 5.74) is 0. The second-order valence-electron chi connectivity index (χ2n) is 1.27. The van der Waals surface area contributed by atoms with Gasteiger partial charge in [0.25, 0.3) is 0 Å². The fourth-order valence-corrected chi connectivity index (χ4v) is 1.07. The van der Waals surface area contributed by atoms with Crippen LogP contribution in [0.2, 0.25) is 0 Å². The molecule has 0 bridgehead atoms. The number of alkyl halides is 1. The predicted octanol–water partition coefficient (Wildman–Crippen LogP) is 1.84. The highest BCUT2D eigenvalue weighted by Crippen LogP contribution is 2.07. The molecule has 44 valence electrons. The minimum absolute atomic E-state index is 0.396. The molecule has 0 amide bonds. The number of hydrogen-bond donors (Lipinski definition) is 0. The van der Waals surface area contributed by atoms with Crippen molar-refractivity contribution in [3.8, 4) is 0 Å². The Labute approximate surface area is 60.6 Å². The standard InChI is InChI=1S/C4H4BrClN2/c5-4-1-2-7-8(4)3-6/h1-2H,3H2. The average Bonchev–Trinajstić information content (AvgIpc) is 2.14. The van der Waals surface area contributed by atoms with Gasteiger partial charge < -0.3 is 0 Å². The number of rotatable bonds is 1. The molecular formula is C4H4BrClN2. The third-order valence-electron chi connectivity index (χ3n) is 0.778. The van der Waals surface area contributed by atoms with Crippen molar-refractivity contribution in [3.63, 3.8) is 0 Å². The summed E-state index contributed by atoms with van der Waals surface area (Å²) in [6.07, 6.45) is 1.69. The van der Waals surface area contributed by atoms with Crippen molar-refractivity contribution in [2.45, 2.75) is 6.00 Å². The molecule has 4 heteroatoms. The van der Waals surface area contributed by atoms with Gasteiger partial charge in [0, 0.05) is 0 Å². The summed E-state index contributed by atoms with van der Waals surface area (Å²) >= 11 is 8.69. The van der Waals surface area contributed by atoms with E-state index in [1.54, 1.807) is 10.9 Å². The first kappa shape index (κ1) is 6.11. The lowest BCUT2D eigenvalue weighted by Gasteiger charge is -1.91. The van der Waals surface area contributed by atoms with Crippen molar-refractivity contribution in [1.82, 2.24) is 9.78 Å². The van der Waals surface area contributed by atoms with Crippen molar-refractivity contribution in [2.75, 3.05) is 0 Å². The fourth-order valence-electron chi connectivity index (χ4n) is 0.404. The molecule has 0 aromatic carbocycles. The third kappa shape index (κ3) is 1.03. The molecule has 0 atom stereocenters. The highest BCUT2D eigenvalue weighted by molar-refractivity contribution is 9.10. The molecule has 0 fully saturated rings. The van der Waals surface area contributed by atoms with E-state index >= 15 is 0 Å². The second-order valence-corrected chi connectivity index (χ2v) is 2.32. The van der Waals surface area contributed by atoms with E-state index in [0.717, 1.165) is 4.60 Å². The largest absolute Gasteiger partial charge is 0.244 e. The van der Waals surface area contributed by atoms with Gasteiger partial charge >= 0.3 is 0 Å². The molecule has 0 unspecified atom stereocenters. The smallest absolute Gasteiger partial charge is 0.116 e. The second kappa shape index (κ2) is 2.51. The molecule has 1 aromatic rings. The zero-order valence-electron chi connectivity index (χ0n) is 4.01. The predicted molar refractivity (Wildman–Crippen MR) is 35.8 cm³/mol. The molecule has 0 aliphatic rings. The molecule has 0 N–H and O–H groups in total. The van der Waals surface area contributed by atoms with Crippen LogP contribution in [0.4, 0.5) is 0 Å². The van der Waals surface area contributed by atoms with Crippen LogP contribution in [-0.2, 0) is 6.00 Å². The van der Waals surface area contributed by atoms with Gasteiger partial charge in [-0.2, -0.15) is 5.10 Å². The Morgan fingerprint density at radius 1 is 1.88 bits per heavy atom. The van der Waals surface area contributed by atoms with Gasteiger partial charge in [0.05, 0.1) is 6.20 Å². The lowest BCUT2D eigenvalue weighted by Crippen LogP contribution is -1.92. The molecule has 0 saturated carbocycles. The van der Waals surface area contributed by atoms with Crippen molar-refractivity contribution in [2.24, 2.45) is 0 Å². The van der Waals surface area contributed by atoms with E-state index in [1.807, 2.05) is 6.07 Å². The van der Waals surface area contributed by atoms with Crippen LogP contribution in [0, 0.1) is 0 Å². The summed E-state index contributed by atoms with van der Waals surface area (Å²) in [5, 5.41) is 3.87. The van der Waals surface area contributed by atoms with E-state index in [9.17, 15) is 0 Å². The summed E-state index contributed by atoms with van der Waals surface area (Å²) in [7, 11) is 0. The van der Waals surface area contributed by atoms with Gasteiger partial charge in [-0.15, -0.1) is 11.6 Å². The Morgan fingerprint density at radius 2 is 2.62 bits per heavy atom. The van der Waals surface area contributed by atoms with E-state index in [-0.39, 0.29) is 0 Å². The van der Waals surface area contributed by atoms with E-state index < -0.39 is 0 Å². The van der Waals surface area contributed by atoms with Crippen molar-refractivity contribution >= 4 is 27.5 Å². The number of aromatic nitrogens is 2. The summed E-state index contributed by atoms with van der Waals surface area (Å²) in [6, 6.07) is 2.23. The van der Waals surface area contributed by atoms with Crippen LogP contribution in [0.1, 0.15) is 0 Å². The molecule has 0 radical (unpaired) electrons. The monoisotopic (exact) mass is 194 g/mol. The fraction of sp³-hybridized carbons (Fsp3) is 0.250. The van der Waals surface area contributed by atoms with E-state index in [0.29, 0.717) is 6.00 Å². The van der Waals surface area contributed by atoms with Crippen molar-refractivity contribution in [1.29, 1.82) is 0 Å². The van der Waals surface area contributed by atoms with Gasteiger partial charge in [-0.25, -0.2) is 4.68 Å². The maximum Gasteiger partial charge on any atom is 0.116 e. The lowest BCUT2D eigenvalue weighted by molar-refractivity contribution is 0.727. The normalized spacial score (nSPS) is 9.75. The quantitative estimate of drug-likeness (QED) is 0.625. The minimum Gasteiger partial charge on any atom is -0.244 e. The van der Waals surface area contributed by atoms with Crippen LogP contribution in [-0.4, -0.2) is 9.78 Å².